The maximum Gasteiger partial charge on any atom is 0.419 e. The van der Waals surface area contributed by atoms with Crippen LogP contribution in [0.2, 0.25) is 0 Å². The van der Waals surface area contributed by atoms with Crippen LogP contribution in [0.25, 0.3) is 0 Å². The Morgan fingerprint density at radius 2 is 1.82 bits per heavy atom. The van der Waals surface area contributed by atoms with E-state index in [4.69, 9.17) is 5.11 Å². The number of carbonyl (C=O) groups excluding carboxylic acids is 1. The number of phenols is 1. The zero-order valence-electron chi connectivity index (χ0n) is 8.48. The van der Waals surface area contributed by atoms with Crippen LogP contribution in [0.3, 0.4) is 0 Å². The molecule has 0 unspecified atom stereocenters. The number of halogens is 5. The zero-order valence-corrected chi connectivity index (χ0v) is 8.48. The highest BCUT2D eigenvalue weighted by Crippen LogP contribution is 2.39. The molecule has 0 aromatic heterocycles. The number of hydrogen-bond acceptors (Lipinski definition) is 2. The Bertz CT molecular complexity index is 451. The van der Waals surface area contributed by atoms with E-state index in [0.29, 0.717) is 6.07 Å². The molecule has 0 bridgehead atoms. The summed E-state index contributed by atoms with van der Waals surface area (Å²) in [6, 6.07) is 0.503. The van der Waals surface area contributed by atoms with Crippen molar-refractivity contribution in [3.8, 4) is 5.75 Å². The second-order valence-electron chi connectivity index (χ2n) is 3.31. The van der Waals surface area contributed by atoms with E-state index in [0.717, 1.165) is 6.92 Å². The number of rotatable bonds is 2. The van der Waals surface area contributed by atoms with E-state index in [1.54, 1.807) is 0 Å². The van der Waals surface area contributed by atoms with Crippen molar-refractivity contribution in [3.05, 3.63) is 28.8 Å². The molecule has 0 saturated heterocycles. The van der Waals surface area contributed by atoms with Crippen molar-refractivity contribution >= 4 is 5.78 Å². The van der Waals surface area contributed by atoms with Crippen LogP contribution in [0.15, 0.2) is 12.1 Å². The number of hydrogen-bond donors (Lipinski definition) is 1. The average molecular weight is 254 g/mol. The summed E-state index contributed by atoms with van der Waals surface area (Å²) in [7, 11) is 0. The molecule has 0 amide bonds. The average Bonchev–Trinajstić information content (AvgIpc) is 2.14. The van der Waals surface area contributed by atoms with Crippen molar-refractivity contribution in [1.82, 2.24) is 0 Å². The summed E-state index contributed by atoms with van der Waals surface area (Å²) in [5.41, 5.74) is -3.24. The van der Waals surface area contributed by atoms with E-state index in [1.807, 2.05) is 0 Å². The standard InChI is InChI=1S/C10H7F5O2/c1-4(16)5-3-8(17)7(10(13,14)15)2-6(5)9(11)12/h2-3,9,17H,1H3. The Kier molecular flexibility index (Phi) is 3.40. The third-order valence-electron chi connectivity index (χ3n) is 2.09. The van der Waals surface area contributed by atoms with E-state index in [9.17, 15) is 26.7 Å². The molecule has 0 radical (unpaired) electrons. The fourth-order valence-electron chi connectivity index (χ4n) is 1.32. The van der Waals surface area contributed by atoms with Crippen molar-refractivity contribution in [2.45, 2.75) is 19.5 Å². The monoisotopic (exact) mass is 254 g/mol. The number of aromatic hydroxyl groups is 1. The summed E-state index contributed by atoms with van der Waals surface area (Å²) < 4.78 is 62.0. The maximum absolute atomic E-state index is 12.5. The largest absolute Gasteiger partial charge is 0.507 e. The van der Waals surface area contributed by atoms with E-state index in [1.165, 1.54) is 0 Å². The van der Waals surface area contributed by atoms with Crippen molar-refractivity contribution < 1.29 is 31.9 Å². The van der Waals surface area contributed by atoms with Gasteiger partial charge in [0.05, 0.1) is 5.56 Å². The SMILES string of the molecule is CC(=O)c1cc(O)c(C(F)(F)F)cc1C(F)F. The molecule has 7 heteroatoms. The van der Waals surface area contributed by atoms with Gasteiger partial charge in [0, 0.05) is 11.1 Å². The quantitative estimate of drug-likeness (QED) is 0.647. The lowest BCUT2D eigenvalue weighted by Gasteiger charge is -2.13. The first-order valence-corrected chi connectivity index (χ1v) is 4.37. The van der Waals surface area contributed by atoms with Crippen LogP contribution < -0.4 is 0 Å². The van der Waals surface area contributed by atoms with Crippen LogP contribution in [0.4, 0.5) is 22.0 Å². The zero-order chi connectivity index (χ0) is 13.4. The molecule has 17 heavy (non-hydrogen) atoms. The lowest BCUT2D eigenvalue weighted by molar-refractivity contribution is -0.138. The van der Waals surface area contributed by atoms with Gasteiger partial charge in [-0.05, 0) is 19.1 Å². The maximum atomic E-state index is 12.5. The molecule has 0 atom stereocenters. The van der Waals surface area contributed by atoms with Gasteiger partial charge in [0.25, 0.3) is 6.43 Å². The molecule has 0 spiro atoms. The Balaban J connectivity index is 3.51. The van der Waals surface area contributed by atoms with Crippen molar-refractivity contribution in [2.75, 3.05) is 0 Å². The summed E-state index contributed by atoms with van der Waals surface area (Å²) >= 11 is 0. The van der Waals surface area contributed by atoms with Gasteiger partial charge in [-0.2, -0.15) is 13.2 Å². The molecular formula is C10H7F5O2. The number of carbonyl (C=O) groups is 1. The first-order chi connectivity index (χ1) is 7.64. The molecule has 2 nitrogen and oxygen atoms in total. The van der Waals surface area contributed by atoms with Gasteiger partial charge >= 0.3 is 6.18 Å². The Morgan fingerprint density at radius 1 is 1.29 bits per heavy atom. The number of ketones is 1. The summed E-state index contributed by atoms with van der Waals surface area (Å²) in [6.45, 7) is 0.925. The van der Waals surface area contributed by atoms with Crippen LogP contribution in [0.1, 0.15) is 34.8 Å². The highest BCUT2D eigenvalue weighted by Gasteiger charge is 2.36. The molecule has 1 N–H and O–H groups in total. The lowest BCUT2D eigenvalue weighted by Crippen LogP contribution is -2.09. The van der Waals surface area contributed by atoms with Gasteiger partial charge in [-0.1, -0.05) is 0 Å². The first-order valence-electron chi connectivity index (χ1n) is 4.37. The highest BCUT2D eigenvalue weighted by atomic mass is 19.4. The molecule has 1 rings (SSSR count). The van der Waals surface area contributed by atoms with Crippen LogP contribution in [-0.2, 0) is 6.18 Å². The fraction of sp³-hybridized carbons (Fsp3) is 0.300. The summed E-state index contributed by atoms with van der Waals surface area (Å²) in [5.74, 6) is -2.09. The molecule has 1 aromatic rings. The van der Waals surface area contributed by atoms with Gasteiger partial charge in [-0.25, -0.2) is 8.78 Å². The number of Topliss-reactive ketones (excluding diaryl/α,β-unsaturated/α-hetero) is 1. The van der Waals surface area contributed by atoms with E-state index in [2.05, 4.69) is 0 Å². The summed E-state index contributed by atoms with van der Waals surface area (Å²) in [5, 5.41) is 9.06. The van der Waals surface area contributed by atoms with E-state index in [-0.39, 0.29) is 6.07 Å². The van der Waals surface area contributed by atoms with Gasteiger partial charge < -0.3 is 5.11 Å². The van der Waals surface area contributed by atoms with Crippen LogP contribution >= 0.6 is 0 Å². The van der Waals surface area contributed by atoms with Crippen molar-refractivity contribution in [2.24, 2.45) is 0 Å². The summed E-state index contributed by atoms with van der Waals surface area (Å²) in [6.07, 6.45) is -8.18. The van der Waals surface area contributed by atoms with E-state index >= 15 is 0 Å². The first kappa shape index (κ1) is 13.4. The molecule has 0 heterocycles. The predicted octanol–water partition coefficient (Wildman–Crippen LogP) is 3.55. The molecule has 1 aromatic carbocycles. The van der Waals surface area contributed by atoms with Gasteiger partial charge in [-0.15, -0.1) is 0 Å². The summed E-state index contributed by atoms with van der Waals surface area (Å²) in [4.78, 5) is 11.0. The van der Waals surface area contributed by atoms with Gasteiger partial charge in [0.2, 0.25) is 0 Å². The Morgan fingerprint density at radius 3 is 2.18 bits per heavy atom. The lowest BCUT2D eigenvalue weighted by atomic mass is 10.00. The van der Waals surface area contributed by atoms with Gasteiger partial charge in [0.1, 0.15) is 5.75 Å². The fourth-order valence-corrected chi connectivity index (χ4v) is 1.32. The minimum absolute atomic E-state index is 0.0940. The minimum atomic E-state index is -4.96. The van der Waals surface area contributed by atoms with Crippen molar-refractivity contribution in [3.63, 3.8) is 0 Å². The van der Waals surface area contributed by atoms with Crippen molar-refractivity contribution in [1.29, 1.82) is 0 Å². The third-order valence-corrected chi connectivity index (χ3v) is 2.09. The molecule has 0 aliphatic rings. The third kappa shape index (κ3) is 2.72. The highest BCUT2D eigenvalue weighted by molar-refractivity contribution is 5.96. The molecule has 0 fully saturated rings. The normalized spacial score (nSPS) is 11.9. The second-order valence-corrected chi connectivity index (χ2v) is 3.31. The Hall–Kier alpha value is -1.66. The molecule has 0 saturated carbocycles. The molecule has 94 valence electrons. The van der Waals surface area contributed by atoms with Crippen LogP contribution in [0, 0.1) is 0 Å². The van der Waals surface area contributed by atoms with E-state index < -0.39 is 40.8 Å². The Labute approximate surface area is 92.7 Å². The van der Waals surface area contributed by atoms with Crippen LogP contribution in [-0.4, -0.2) is 10.9 Å². The topological polar surface area (TPSA) is 37.3 Å². The van der Waals surface area contributed by atoms with Crippen LogP contribution in [0.5, 0.6) is 5.75 Å². The minimum Gasteiger partial charge on any atom is -0.507 e. The molecule has 0 aliphatic heterocycles. The number of alkyl halides is 5. The second kappa shape index (κ2) is 4.31. The van der Waals surface area contributed by atoms with Gasteiger partial charge in [-0.3, -0.25) is 4.79 Å². The molecule has 0 aliphatic carbocycles. The smallest absolute Gasteiger partial charge is 0.419 e. The molecular weight excluding hydrogens is 247 g/mol. The van der Waals surface area contributed by atoms with Gasteiger partial charge in [0.15, 0.2) is 5.78 Å². The number of phenolic OH excluding ortho intramolecular Hbond substituents is 1. The predicted molar refractivity (Wildman–Crippen MR) is 48.1 cm³/mol. The number of benzene rings is 1.